The second kappa shape index (κ2) is 3.58. The number of aryl methyl sites for hydroxylation is 1. The molecular weight excluding hydrogens is 172 g/mol. The standard InChI is InChI=1S/C12H14N2/c1-2-9-8-14-12-10(7-13)5-3-4-6-11(9)12/h3-8,14H,2,13H2,1H3/b10-7-. The lowest BCUT2D eigenvalue weighted by atomic mass is 10.1. The highest BCUT2D eigenvalue weighted by atomic mass is 14.7. The van der Waals surface area contributed by atoms with Crippen molar-refractivity contribution in [1.29, 1.82) is 0 Å². The minimum absolute atomic E-state index is 1.04. The Morgan fingerprint density at radius 3 is 2.86 bits per heavy atom. The largest absolute Gasteiger partial charge is 0.404 e. The van der Waals surface area contributed by atoms with E-state index in [0.29, 0.717) is 0 Å². The second-order valence-corrected chi connectivity index (χ2v) is 3.30. The van der Waals surface area contributed by atoms with Crippen LogP contribution in [-0.2, 0) is 6.42 Å². The van der Waals surface area contributed by atoms with E-state index in [9.17, 15) is 0 Å². The molecule has 0 unspecified atom stereocenters. The van der Waals surface area contributed by atoms with E-state index in [1.807, 2.05) is 18.2 Å². The molecule has 0 aromatic carbocycles. The molecule has 14 heavy (non-hydrogen) atoms. The van der Waals surface area contributed by atoms with Crippen molar-refractivity contribution in [2.24, 2.45) is 5.73 Å². The highest BCUT2D eigenvalue weighted by molar-refractivity contribution is 5.81. The van der Waals surface area contributed by atoms with Crippen molar-refractivity contribution in [2.75, 3.05) is 0 Å². The van der Waals surface area contributed by atoms with Gasteiger partial charge in [0.2, 0.25) is 0 Å². The molecule has 0 amide bonds. The molecule has 2 heteroatoms. The predicted octanol–water partition coefficient (Wildman–Crippen LogP) is 2.46. The molecular formula is C12H14N2. The fraction of sp³-hybridized carbons (Fsp3) is 0.167. The molecule has 1 heterocycles. The number of aromatic nitrogens is 1. The maximum absolute atomic E-state index is 5.58. The SMILES string of the molecule is CCc1c[nH]c2c1C=CC=C/C2=C/N. The molecule has 2 nitrogen and oxygen atoms in total. The highest BCUT2D eigenvalue weighted by Crippen LogP contribution is 2.26. The number of nitrogens with one attached hydrogen (secondary N) is 1. The molecule has 72 valence electrons. The number of hydrogen-bond donors (Lipinski definition) is 2. The van der Waals surface area contributed by atoms with E-state index in [4.69, 9.17) is 5.73 Å². The first-order valence-electron chi connectivity index (χ1n) is 4.84. The van der Waals surface area contributed by atoms with E-state index in [1.165, 1.54) is 11.1 Å². The molecule has 0 fully saturated rings. The van der Waals surface area contributed by atoms with Crippen molar-refractivity contribution in [2.45, 2.75) is 13.3 Å². The third-order valence-electron chi connectivity index (χ3n) is 2.50. The molecule has 1 aliphatic rings. The molecule has 1 aromatic rings. The Hall–Kier alpha value is -1.70. The number of rotatable bonds is 1. The Morgan fingerprint density at radius 1 is 1.36 bits per heavy atom. The van der Waals surface area contributed by atoms with Crippen molar-refractivity contribution in [3.63, 3.8) is 0 Å². The fourth-order valence-corrected chi connectivity index (χ4v) is 1.73. The van der Waals surface area contributed by atoms with Crippen molar-refractivity contribution in [3.8, 4) is 0 Å². The Labute approximate surface area is 83.8 Å². The van der Waals surface area contributed by atoms with Gasteiger partial charge in [-0.2, -0.15) is 0 Å². The lowest BCUT2D eigenvalue weighted by molar-refractivity contribution is 1.14. The third kappa shape index (κ3) is 1.29. The van der Waals surface area contributed by atoms with Crippen molar-refractivity contribution < 1.29 is 0 Å². The van der Waals surface area contributed by atoms with Crippen LogP contribution in [-0.4, -0.2) is 4.98 Å². The molecule has 0 atom stereocenters. The van der Waals surface area contributed by atoms with E-state index in [0.717, 1.165) is 17.7 Å². The number of hydrogen-bond acceptors (Lipinski definition) is 1. The van der Waals surface area contributed by atoms with Crippen molar-refractivity contribution in [1.82, 2.24) is 4.98 Å². The molecule has 2 rings (SSSR count). The minimum atomic E-state index is 1.04. The van der Waals surface area contributed by atoms with Crippen LogP contribution in [0.15, 0.2) is 30.6 Å². The third-order valence-corrected chi connectivity index (χ3v) is 2.50. The number of nitrogens with two attached hydrogens (primary N) is 1. The van der Waals surface area contributed by atoms with Crippen LogP contribution in [0, 0.1) is 0 Å². The van der Waals surface area contributed by atoms with E-state index in [2.05, 4.69) is 24.2 Å². The molecule has 0 spiro atoms. The van der Waals surface area contributed by atoms with Gasteiger partial charge in [0.25, 0.3) is 0 Å². The summed E-state index contributed by atoms with van der Waals surface area (Å²) in [6, 6.07) is 0. The van der Waals surface area contributed by atoms with Gasteiger partial charge in [-0.15, -0.1) is 0 Å². The van der Waals surface area contributed by atoms with Gasteiger partial charge in [-0.25, -0.2) is 0 Å². The summed E-state index contributed by atoms with van der Waals surface area (Å²) in [6.45, 7) is 2.15. The Bertz CT molecular complexity index is 420. The van der Waals surface area contributed by atoms with E-state index in [1.54, 1.807) is 6.20 Å². The smallest absolute Gasteiger partial charge is 0.0544 e. The Balaban J connectivity index is 2.60. The van der Waals surface area contributed by atoms with Crippen molar-refractivity contribution in [3.05, 3.63) is 47.4 Å². The lowest BCUT2D eigenvalue weighted by Crippen LogP contribution is -1.89. The molecule has 0 radical (unpaired) electrons. The van der Waals surface area contributed by atoms with Crippen LogP contribution in [0.1, 0.15) is 23.7 Å². The summed E-state index contributed by atoms with van der Waals surface area (Å²) in [5.41, 5.74) is 10.3. The van der Waals surface area contributed by atoms with Gasteiger partial charge in [0.1, 0.15) is 0 Å². The maximum Gasteiger partial charge on any atom is 0.0544 e. The molecule has 1 aromatic heterocycles. The summed E-state index contributed by atoms with van der Waals surface area (Å²) in [4.78, 5) is 3.27. The Kier molecular flexibility index (Phi) is 2.27. The number of fused-ring (bicyclic) bond motifs is 1. The fourth-order valence-electron chi connectivity index (χ4n) is 1.73. The van der Waals surface area contributed by atoms with E-state index >= 15 is 0 Å². The topological polar surface area (TPSA) is 41.8 Å². The van der Waals surface area contributed by atoms with Crippen LogP contribution in [0.4, 0.5) is 0 Å². The van der Waals surface area contributed by atoms with E-state index < -0.39 is 0 Å². The van der Waals surface area contributed by atoms with Crippen LogP contribution in [0.3, 0.4) is 0 Å². The molecule has 0 aliphatic heterocycles. The zero-order valence-corrected chi connectivity index (χ0v) is 8.25. The molecule has 3 N–H and O–H groups in total. The van der Waals surface area contributed by atoms with Gasteiger partial charge in [0, 0.05) is 23.5 Å². The first kappa shape index (κ1) is 8.88. The quantitative estimate of drug-likeness (QED) is 0.695. The molecule has 0 saturated carbocycles. The molecule has 1 aliphatic carbocycles. The highest BCUT2D eigenvalue weighted by Gasteiger charge is 2.10. The summed E-state index contributed by atoms with van der Waals surface area (Å²) < 4.78 is 0. The van der Waals surface area contributed by atoms with Gasteiger partial charge in [-0.3, -0.25) is 0 Å². The molecule has 0 saturated heterocycles. The first-order chi connectivity index (χ1) is 6.86. The van der Waals surface area contributed by atoms with Crippen molar-refractivity contribution >= 4 is 11.6 Å². The zero-order valence-electron chi connectivity index (χ0n) is 8.25. The predicted molar refractivity (Wildman–Crippen MR) is 60.5 cm³/mol. The zero-order chi connectivity index (χ0) is 9.97. The molecule has 0 bridgehead atoms. The summed E-state index contributed by atoms with van der Waals surface area (Å²) in [7, 11) is 0. The van der Waals surface area contributed by atoms with Gasteiger partial charge in [-0.05, 0) is 12.0 Å². The minimum Gasteiger partial charge on any atom is -0.404 e. The average Bonchev–Trinajstić information content (AvgIpc) is 2.51. The summed E-state index contributed by atoms with van der Waals surface area (Å²) in [5.74, 6) is 0. The van der Waals surface area contributed by atoms with Crippen LogP contribution < -0.4 is 5.73 Å². The van der Waals surface area contributed by atoms with Gasteiger partial charge < -0.3 is 10.7 Å². The summed E-state index contributed by atoms with van der Waals surface area (Å²) in [6.07, 6.45) is 12.9. The lowest BCUT2D eigenvalue weighted by Gasteiger charge is -2.00. The van der Waals surface area contributed by atoms with E-state index in [-0.39, 0.29) is 0 Å². The van der Waals surface area contributed by atoms with Gasteiger partial charge in [0.05, 0.1) is 5.69 Å². The van der Waals surface area contributed by atoms with Gasteiger partial charge >= 0.3 is 0 Å². The van der Waals surface area contributed by atoms with Crippen LogP contribution in [0.2, 0.25) is 0 Å². The number of aromatic amines is 1. The Morgan fingerprint density at radius 2 is 2.14 bits per heavy atom. The van der Waals surface area contributed by atoms with Crippen LogP contribution in [0.5, 0.6) is 0 Å². The average molecular weight is 186 g/mol. The summed E-state index contributed by atoms with van der Waals surface area (Å²) >= 11 is 0. The normalized spacial score (nSPS) is 17.1. The van der Waals surface area contributed by atoms with Crippen LogP contribution in [0.25, 0.3) is 11.6 Å². The second-order valence-electron chi connectivity index (χ2n) is 3.30. The number of allylic oxidation sites excluding steroid dienone is 4. The van der Waals surface area contributed by atoms with Crippen LogP contribution >= 0.6 is 0 Å². The maximum atomic E-state index is 5.58. The monoisotopic (exact) mass is 186 g/mol. The summed E-state index contributed by atoms with van der Waals surface area (Å²) in [5, 5.41) is 0. The first-order valence-corrected chi connectivity index (χ1v) is 4.84. The van der Waals surface area contributed by atoms with Gasteiger partial charge in [-0.1, -0.05) is 31.2 Å². The number of H-pyrrole nitrogens is 1. The van der Waals surface area contributed by atoms with Gasteiger partial charge in [0.15, 0.2) is 0 Å².